The monoisotopic (exact) mass is 487 g/mol. The molecular weight excluding hydrogens is 467 g/mol. The fraction of sp³-hybridized carbons (Fsp3) is 0.409. The van der Waals surface area contributed by atoms with Crippen molar-refractivity contribution < 1.29 is 31.5 Å². The number of fused-ring (bicyclic) bond motifs is 2. The SMILES string of the molecule is C[C@]1(O)CC2CCC(C1)[C@H]2S(=O)(=O)c1cc(C(=O)Nc2cc(F)c(F)c(F)c2)ccc1Cl. The van der Waals surface area contributed by atoms with Crippen molar-refractivity contribution in [3.63, 3.8) is 0 Å². The molecule has 10 heteroatoms. The fourth-order valence-corrected chi connectivity index (χ4v) is 7.98. The van der Waals surface area contributed by atoms with Crippen LogP contribution in [0.15, 0.2) is 35.2 Å². The molecule has 2 aromatic carbocycles. The van der Waals surface area contributed by atoms with Crippen LogP contribution in [0.2, 0.25) is 5.02 Å². The van der Waals surface area contributed by atoms with Gasteiger partial charge in [-0.3, -0.25) is 4.79 Å². The van der Waals surface area contributed by atoms with E-state index in [1.54, 1.807) is 6.92 Å². The molecule has 2 atom stereocenters. The maximum Gasteiger partial charge on any atom is 0.255 e. The van der Waals surface area contributed by atoms with Gasteiger partial charge in [0.2, 0.25) is 0 Å². The number of halogens is 4. The largest absolute Gasteiger partial charge is 0.390 e. The van der Waals surface area contributed by atoms with Crippen molar-refractivity contribution in [1.82, 2.24) is 0 Å². The number of amides is 1. The van der Waals surface area contributed by atoms with Gasteiger partial charge < -0.3 is 10.4 Å². The number of aliphatic hydroxyl groups is 1. The Morgan fingerprint density at radius 3 is 2.22 bits per heavy atom. The van der Waals surface area contributed by atoms with E-state index in [-0.39, 0.29) is 33.0 Å². The lowest BCUT2D eigenvalue weighted by Crippen LogP contribution is -2.44. The standard InChI is InChI=1S/C22H21ClF3NO4S/c1-22(29)9-12-2-3-13(10-22)20(12)32(30,31)18-6-11(4-5-15(18)23)21(28)27-14-7-16(24)19(26)17(25)8-14/h4-8,12-13,20,29H,2-3,9-10H2,1H3,(H,27,28)/t12?,13?,20-,22-. The van der Waals surface area contributed by atoms with Crippen LogP contribution in [-0.2, 0) is 9.84 Å². The van der Waals surface area contributed by atoms with Gasteiger partial charge in [0.1, 0.15) is 0 Å². The van der Waals surface area contributed by atoms with E-state index >= 15 is 0 Å². The predicted octanol–water partition coefficient (Wildman–Crippen LogP) is 4.72. The van der Waals surface area contributed by atoms with Crippen molar-refractivity contribution >= 4 is 33.0 Å². The number of carbonyl (C=O) groups is 1. The molecule has 2 unspecified atom stereocenters. The normalized spacial score (nSPS) is 27.4. The first-order valence-corrected chi connectivity index (χ1v) is 12.0. The zero-order chi connectivity index (χ0) is 23.4. The van der Waals surface area contributed by atoms with Gasteiger partial charge >= 0.3 is 0 Å². The Morgan fingerprint density at radius 2 is 1.66 bits per heavy atom. The van der Waals surface area contributed by atoms with Gasteiger partial charge in [-0.25, -0.2) is 21.6 Å². The summed E-state index contributed by atoms with van der Waals surface area (Å²) in [7, 11) is -3.92. The minimum absolute atomic E-state index is 0.0443. The summed E-state index contributed by atoms with van der Waals surface area (Å²) >= 11 is 6.19. The summed E-state index contributed by atoms with van der Waals surface area (Å²) in [5.41, 5.74) is -1.32. The quantitative estimate of drug-likeness (QED) is 0.611. The number of nitrogens with one attached hydrogen (secondary N) is 1. The van der Waals surface area contributed by atoms with Crippen molar-refractivity contribution in [3.05, 3.63) is 58.4 Å². The van der Waals surface area contributed by atoms with Crippen LogP contribution in [-0.4, -0.2) is 30.3 Å². The molecule has 2 aromatic rings. The average Bonchev–Trinajstić information content (AvgIpc) is 2.99. The molecule has 0 aliphatic heterocycles. The van der Waals surface area contributed by atoms with Gasteiger partial charge in [-0.05, 0) is 62.6 Å². The molecule has 4 rings (SSSR count). The summed E-state index contributed by atoms with van der Waals surface area (Å²) < 4.78 is 67.0. The third-order valence-electron chi connectivity index (χ3n) is 6.34. The molecule has 172 valence electrons. The van der Waals surface area contributed by atoms with E-state index in [1.165, 1.54) is 12.1 Å². The molecule has 0 saturated heterocycles. The first kappa shape index (κ1) is 23.1. The zero-order valence-corrected chi connectivity index (χ0v) is 18.6. The maximum atomic E-state index is 13.5. The number of rotatable bonds is 4. The smallest absolute Gasteiger partial charge is 0.255 e. The van der Waals surface area contributed by atoms with E-state index in [1.807, 2.05) is 0 Å². The topological polar surface area (TPSA) is 83.5 Å². The molecule has 0 spiro atoms. The molecule has 0 heterocycles. The Morgan fingerprint density at radius 1 is 1.09 bits per heavy atom. The molecular formula is C22H21ClF3NO4S. The minimum Gasteiger partial charge on any atom is -0.390 e. The van der Waals surface area contributed by atoms with Crippen LogP contribution in [0.3, 0.4) is 0 Å². The Balaban J connectivity index is 1.64. The lowest BCUT2D eigenvalue weighted by atomic mass is 9.78. The van der Waals surface area contributed by atoms with Crippen molar-refractivity contribution in [1.29, 1.82) is 0 Å². The summed E-state index contributed by atoms with van der Waals surface area (Å²) in [5, 5.41) is 11.9. The van der Waals surface area contributed by atoms with Gasteiger partial charge in [-0.15, -0.1) is 0 Å². The number of carbonyl (C=O) groups excluding carboxylic acids is 1. The van der Waals surface area contributed by atoms with Gasteiger partial charge in [-0.1, -0.05) is 11.6 Å². The lowest BCUT2D eigenvalue weighted by molar-refractivity contribution is -0.00176. The van der Waals surface area contributed by atoms with Crippen LogP contribution < -0.4 is 5.32 Å². The van der Waals surface area contributed by atoms with Gasteiger partial charge in [0.25, 0.3) is 5.91 Å². The molecule has 5 nitrogen and oxygen atoms in total. The molecule has 1 amide bonds. The molecule has 2 aliphatic rings. The highest BCUT2D eigenvalue weighted by Crippen LogP contribution is 2.51. The van der Waals surface area contributed by atoms with Gasteiger partial charge in [0, 0.05) is 23.4 Å². The third kappa shape index (κ3) is 4.13. The molecule has 2 saturated carbocycles. The Kier molecular flexibility index (Phi) is 5.80. The minimum atomic E-state index is -3.92. The Hall–Kier alpha value is -2.10. The Labute approximate surface area is 188 Å². The van der Waals surface area contributed by atoms with Crippen molar-refractivity contribution in [2.24, 2.45) is 11.8 Å². The summed E-state index contributed by atoms with van der Waals surface area (Å²) in [4.78, 5) is 12.4. The number of hydrogen-bond donors (Lipinski definition) is 2. The molecule has 2 N–H and O–H groups in total. The van der Waals surface area contributed by atoms with E-state index < -0.39 is 44.0 Å². The summed E-state index contributed by atoms with van der Waals surface area (Å²) in [5.74, 6) is -5.87. The van der Waals surface area contributed by atoms with E-state index in [4.69, 9.17) is 11.6 Å². The number of benzene rings is 2. The van der Waals surface area contributed by atoms with Gasteiger partial charge in [0.05, 0.1) is 20.8 Å². The second-order valence-corrected chi connectivity index (χ2v) is 11.3. The van der Waals surface area contributed by atoms with Crippen LogP contribution in [0, 0.1) is 29.3 Å². The van der Waals surface area contributed by atoms with Crippen molar-refractivity contribution in [3.8, 4) is 0 Å². The second-order valence-electron chi connectivity index (χ2n) is 8.87. The van der Waals surface area contributed by atoms with Crippen molar-refractivity contribution in [2.45, 2.75) is 48.4 Å². The van der Waals surface area contributed by atoms with Crippen LogP contribution in [0.5, 0.6) is 0 Å². The molecule has 32 heavy (non-hydrogen) atoms. The molecule has 2 aliphatic carbocycles. The molecule has 0 aromatic heterocycles. The molecule has 2 fully saturated rings. The number of hydrogen-bond acceptors (Lipinski definition) is 4. The molecule has 2 bridgehead atoms. The van der Waals surface area contributed by atoms with E-state index in [0.717, 1.165) is 6.07 Å². The summed E-state index contributed by atoms with van der Waals surface area (Å²) in [6.45, 7) is 1.71. The van der Waals surface area contributed by atoms with E-state index in [2.05, 4.69) is 5.32 Å². The van der Waals surface area contributed by atoms with Crippen LogP contribution in [0.25, 0.3) is 0 Å². The van der Waals surface area contributed by atoms with Crippen LogP contribution in [0.1, 0.15) is 43.0 Å². The third-order valence-corrected chi connectivity index (χ3v) is 9.22. The van der Waals surface area contributed by atoms with Crippen molar-refractivity contribution in [2.75, 3.05) is 5.32 Å². The fourth-order valence-electron chi connectivity index (χ4n) is 5.14. The van der Waals surface area contributed by atoms with Gasteiger partial charge in [0.15, 0.2) is 27.3 Å². The second kappa shape index (κ2) is 8.04. The van der Waals surface area contributed by atoms with Gasteiger partial charge in [-0.2, -0.15) is 0 Å². The first-order chi connectivity index (χ1) is 14.9. The molecule has 0 radical (unpaired) electrons. The highest BCUT2D eigenvalue weighted by molar-refractivity contribution is 7.92. The number of sulfone groups is 1. The van der Waals surface area contributed by atoms with E-state index in [9.17, 15) is 31.5 Å². The number of anilines is 1. The summed E-state index contributed by atoms with van der Waals surface area (Å²) in [6.07, 6.45) is 2.11. The lowest BCUT2D eigenvalue weighted by Gasteiger charge is -2.38. The predicted molar refractivity (Wildman–Crippen MR) is 113 cm³/mol. The van der Waals surface area contributed by atoms with E-state index in [0.29, 0.717) is 37.8 Å². The maximum absolute atomic E-state index is 13.5. The highest BCUT2D eigenvalue weighted by atomic mass is 35.5. The Bertz CT molecular complexity index is 1160. The first-order valence-electron chi connectivity index (χ1n) is 10.1. The van der Waals surface area contributed by atoms with Crippen LogP contribution in [0.4, 0.5) is 18.9 Å². The van der Waals surface area contributed by atoms with Crippen LogP contribution >= 0.6 is 11.6 Å². The average molecular weight is 488 g/mol. The zero-order valence-electron chi connectivity index (χ0n) is 17.0. The highest BCUT2D eigenvalue weighted by Gasteiger charge is 2.52. The summed E-state index contributed by atoms with van der Waals surface area (Å²) in [6, 6.07) is 4.93.